The minimum absolute atomic E-state index is 0.228. The monoisotopic (exact) mass is 141 g/mol. The van der Waals surface area contributed by atoms with Crippen molar-refractivity contribution in [2.75, 3.05) is 11.2 Å². The summed E-state index contributed by atoms with van der Waals surface area (Å²) < 4.78 is 0. The molecule has 0 amide bonds. The number of nitrogens with one attached hydrogen (secondary N) is 2. The van der Waals surface area contributed by atoms with E-state index in [4.69, 9.17) is 11.6 Å². The van der Waals surface area contributed by atoms with Crippen LogP contribution in [-0.2, 0) is 0 Å². The first-order valence-corrected chi connectivity index (χ1v) is 2.56. The molecule has 0 saturated carbocycles. The molecule has 0 aromatic carbocycles. The number of H-pyrrole nitrogens is 1. The fourth-order valence-corrected chi connectivity index (χ4v) is 0.533. The highest BCUT2D eigenvalue weighted by atomic mass is 16.1. The van der Waals surface area contributed by atoms with Gasteiger partial charge in [0.05, 0.1) is 5.69 Å². The summed E-state index contributed by atoms with van der Waals surface area (Å²) in [6.45, 7) is 0. The molecule has 54 valence electrons. The molecule has 1 heterocycles. The maximum absolute atomic E-state index is 10.5. The van der Waals surface area contributed by atoms with Gasteiger partial charge in [-0.2, -0.15) is 5.10 Å². The van der Waals surface area contributed by atoms with Crippen molar-refractivity contribution in [1.29, 1.82) is 0 Å². The molecule has 1 rings (SSSR count). The van der Waals surface area contributed by atoms with Crippen LogP contribution in [0.5, 0.6) is 0 Å². The predicted octanol–water partition coefficient (Wildman–Crippen LogP) is -1.36. The van der Waals surface area contributed by atoms with Gasteiger partial charge in [0, 0.05) is 6.07 Å². The molecule has 10 heavy (non-hydrogen) atoms. The molecule has 6 heteroatoms. The van der Waals surface area contributed by atoms with Gasteiger partial charge < -0.3 is 11.2 Å². The molecule has 1 aromatic heterocycles. The van der Waals surface area contributed by atoms with E-state index in [1.165, 1.54) is 6.07 Å². The van der Waals surface area contributed by atoms with E-state index in [0.29, 0.717) is 0 Å². The van der Waals surface area contributed by atoms with Crippen LogP contribution in [0.15, 0.2) is 10.9 Å². The van der Waals surface area contributed by atoms with E-state index >= 15 is 0 Å². The van der Waals surface area contributed by atoms with Gasteiger partial charge in [-0.05, 0) is 0 Å². The Balaban J connectivity index is 3.19. The Bertz CT molecular complexity index is 279. The van der Waals surface area contributed by atoms with Gasteiger partial charge in [-0.1, -0.05) is 0 Å². The maximum Gasteiger partial charge on any atom is 0.266 e. The summed E-state index contributed by atoms with van der Waals surface area (Å²) in [6.07, 6.45) is 0. The summed E-state index contributed by atoms with van der Waals surface area (Å²) in [4.78, 5) is 10.5. The quantitative estimate of drug-likeness (QED) is 0.285. The number of hydrazine groups is 1. The van der Waals surface area contributed by atoms with Crippen LogP contribution in [0.4, 0.5) is 11.5 Å². The SMILES string of the molecule is NNc1n[nH]c(=O)cc1N. The van der Waals surface area contributed by atoms with Gasteiger partial charge >= 0.3 is 0 Å². The van der Waals surface area contributed by atoms with Gasteiger partial charge in [0.25, 0.3) is 5.56 Å². The second-order valence-electron chi connectivity index (χ2n) is 1.68. The highest BCUT2D eigenvalue weighted by Crippen LogP contribution is 2.06. The average molecular weight is 141 g/mol. The molecule has 0 aliphatic carbocycles. The van der Waals surface area contributed by atoms with Crippen molar-refractivity contribution in [3.8, 4) is 0 Å². The lowest BCUT2D eigenvalue weighted by atomic mass is 10.4. The highest BCUT2D eigenvalue weighted by Gasteiger charge is 1.96. The topological polar surface area (TPSA) is 110 Å². The van der Waals surface area contributed by atoms with E-state index in [1.54, 1.807) is 0 Å². The number of nitrogen functional groups attached to an aromatic ring is 2. The summed E-state index contributed by atoms with van der Waals surface area (Å²) in [6, 6.07) is 1.20. The minimum Gasteiger partial charge on any atom is -0.395 e. The molecular weight excluding hydrogens is 134 g/mol. The van der Waals surface area contributed by atoms with Crippen molar-refractivity contribution < 1.29 is 0 Å². The summed E-state index contributed by atoms with van der Waals surface area (Å²) in [5.41, 5.74) is 7.40. The zero-order valence-corrected chi connectivity index (χ0v) is 5.09. The second kappa shape index (κ2) is 2.36. The largest absolute Gasteiger partial charge is 0.395 e. The van der Waals surface area contributed by atoms with Crippen molar-refractivity contribution >= 4 is 11.5 Å². The lowest BCUT2D eigenvalue weighted by Crippen LogP contribution is -2.16. The number of aromatic nitrogens is 2. The fourth-order valence-electron chi connectivity index (χ4n) is 0.533. The first kappa shape index (κ1) is 6.56. The van der Waals surface area contributed by atoms with Gasteiger partial charge in [0.2, 0.25) is 0 Å². The number of hydrogen-bond acceptors (Lipinski definition) is 5. The van der Waals surface area contributed by atoms with Crippen molar-refractivity contribution in [3.63, 3.8) is 0 Å². The molecule has 0 aliphatic heterocycles. The fraction of sp³-hybridized carbons (Fsp3) is 0. The number of nitrogens with zero attached hydrogens (tertiary/aromatic N) is 1. The molecular formula is C4H7N5O. The normalized spacial score (nSPS) is 9.30. The van der Waals surface area contributed by atoms with Crippen LogP contribution in [0.1, 0.15) is 0 Å². The molecule has 0 aliphatic rings. The third-order valence-corrected chi connectivity index (χ3v) is 0.975. The Morgan fingerprint density at radius 2 is 2.40 bits per heavy atom. The Morgan fingerprint density at radius 3 is 2.90 bits per heavy atom. The zero-order valence-electron chi connectivity index (χ0n) is 5.09. The van der Waals surface area contributed by atoms with Crippen LogP contribution in [0.3, 0.4) is 0 Å². The van der Waals surface area contributed by atoms with Gasteiger partial charge in [-0.3, -0.25) is 4.79 Å². The Kier molecular flexibility index (Phi) is 1.55. The molecule has 0 radical (unpaired) electrons. The molecule has 0 unspecified atom stereocenters. The van der Waals surface area contributed by atoms with E-state index in [-0.39, 0.29) is 17.1 Å². The van der Waals surface area contributed by atoms with Crippen LogP contribution in [0.25, 0.3) is 0 Å². The molecule has 1 aromatic rings. The number of anilines is 2. The third kappa shape index (κ3) is 1.06. The van der Waals surface area contributed by atoms with Crippen LogP contribution in [0.2, 0.25) is 0 Å². The molecule has 0 atom stereocenters. The van der Waals surface area contributed by atoms with Crippen molar-refractivity contribution in [2.45, 2.75) is 0 Å². The van der Waals surface area contributed by atoms with Gasteiger partial charge in [-0.15, -0.1) is 0 Å². The summed E-state index contributed by atoms with van der Waals surface area (Å²) in [5.74, 6) is 5.25. The summed E-state index contributed by atoms with van der Waals surface area (Å²) >= 11 is 0. The van der Waals surface area contributed by atoms with Crippen molar-refractivity contribution in [3.05, 3.63) is 16.4 Å². The standard InChI is InChI=1S/C4H7N5O/c5-2-1-3(10)8-9-4(2)7-6/h1H,6H2,(H,7,9)(H3,5,8,10). The van der Waals surface area contributed by atoms with Crippen LogP contribution >= 0.6 is 0 Å². The van der Waals surface area contributed by atoms with Crippen LogP contribution < -0.4 is 22.6 Å². The molecule has 6 N–H and O–H groups in total. The molecule has 0 fully saturated rings. The Morgan fingerprint density at radius 1 is 1.70 bits per heavy atom. The minimum atomic E-state index is -0.350. The predicted molar refractivity (Wildman–Crippen MR) is 37.1 cm³/mol. The van der Waals surface area contributed by atoms with Gasteiger partial charge in [-0.25, -0.2) is 10.9 Å². The van der Waals surface area contributed by atoms with E-state index in [0.717, 1.165) is 0 Å². The van der Waals surface area contributed by atoms with Crippen molar-refractivity contribution in [1.82, 2.24) is 10.2 Å². The molecule has 6 nitrogen and oxygen atoms in total. The number of hydrogen-bond donors (Lipinski definition) is 4. The van der Waals surface area contributed by atoms with Crippen LogP contribution in [-0.4, -0.2) is 10.2 Å². The first-order valence-electron chi connectivity index (χ1n) is 2.56. The van der Waals surface area contributed by atoms with Crippen LogP contribution in [0, 0.1) is 0 Å². The van der Waals surface area contributed by atoms with Gasteiger partial charge in [0.15, 0.2) is 5.82 Å². The Hall–Kier alpha value is -1.56. The summed E-state index contributed by atoms with van der Waals surface area (Å²) in [7, 11) is 0. The second-order valence-corrected chi connectivity index (χ2v) is 1.68. The van der Waals surface area contributed by atoms with Crippen molar-refractivity contribution in [2.24, 2.45) is 5.84 Å². The van der Waals surface area contributed by atoms with E-state index < -0.39 is 0 Å². The van der Waals surface area contributed by atoms with E-state index in [1.807, 2.05) is 0 Å². The third-order valence-electron chi connectivity index (χ3n) is 0.975. The lowest BCUT2D eigenvalue weighted by molar-refractivity contribution is 0.986. The molecule has 0 bridgehead atoms. The first-order chi connectivity index (χ1) is 4.74. The Labute approximate surface area is 56.2 Å². The smallest absolute Gasteiger partial charge is 0.266 e. The number of nitrogens with two attached hydrogens (primary N) is 2. The van der Waals surface area contributed by atoms with E-state index in [9.17, 15) is 4.79 Å². The maximum atomic E-state index is 10.5. The average Bonchev–Trinajstić information content (AvgIpc) is 1.88. The highest BCUT2D eigenvalue weighted by molar-refractivity contribution is 5.58. The molecule has 0 spiro atoms. The summed E-state index contributed by atoms with van der Waals surface area (Å²) in [5, 5.41) is 5.66. The number of rotatable bonds is 1. The van der Waals surface area contributed by atoms with Gasteiger partial charge in [0.1, 0.15) is 0 Å². The lowest BCUT2D eigenvalue weighted by Gasteiger charge is -1.98. The molecule has 0 saturated heterocycles. The zero-order chi connectivity index (χ0) is 7.56. The number of aromatic amines is 1. The van der Waals surface area contributed by atoms with E-state index in [2.05, 4.69) is 15.6 Å².